The van der Waals surface area contributed by atoms with E-state index in [1.165, 1.54) is 77.0 Å². The predicted molar refractivity (Wildman–Crippen MR) is 135 cm³/mol. The van der Waals surface area contributed by atoms with E-state index in [1.807, 2.05) is 30.3 Å². The Morgan fingerprint density at radius 1 is 0.750 bits per heavy atom. The molecule has 0 aliphatic rings. The predicted octanol–water partition coefficient (Wildman–Crippen LogP) is 6.68. The van der Waals surface area contributed by atoms with E-state index in [-0.39, 0.29) is 35.5 Å². The van der Waals surface area contributed by atoms with Crippen LogP contribution in [0.25, 0.3) is 0 Å². The average molecular weight is 455 g/mol. The van der Waals surface area contributed by atoms with Crippen LogP contribution in [0.2, 0.25) is 0 Å². The Morgan fingerprint density at radius 3 is 1.62 bits per heavy atom. The van der Waals surface area contributed by atoms with Crippen molar-refractivity contribution < 1.29 is 14.7 Å². The van der Waals surface area contributed by atoms with Crippen LogP contribution in [0, 0.1) is 0 Å². The standard InChI is InChI=1S/C27H45NO3.Na/c1-2-3-4-5-6-7-8-9-10-11-12-13-14-15-19-22-26(29)28-25(27(30)31)23-24-20-17-16-18-21-24;/h16-18,20-21,25H,2-15,19,22-23H2,1H3,(H,28,29)(H,30,31);/t25-;/m0./s1. The second-order valence-corrected chi connectivity index (χ2v) is 8.85. The number of benzene rings is 1. The van der Waals surface area contributed by atoms with E-state index < -0.39 is 12.0 Å². The van der Waals surface area contributed by atoms with E-state index in [0.29, 0.717) is 12.8 Å². The Hall–Kier alpha value is -0.840. The number of hydrogen-bond acceptors (Lipinski definition) is 2. The SMILES string of the molecule is CCCCCCCCCCCCCCCCCC(=O)N[C@@H](Cc1ccccc1)C(=O)O.[Na]. The fourth-order valence-electron chi connectivity index (χ4n) is 3.97. The van der Waals surface area contributed by atoms with Crippen molar-refractivity contribution in [3.63, 3.8) is 0 Å². The van der Waals surface area contributed by atoms with Gasteiger partial charge >= 0.3 is 5.97 Å². The van der Waals surface area contributed by atoms with Gasteiger partial charge in [0.15, 0.2) is 0 Å². The largest absolute Gasteiger partial charge is 0.480 e. The van der Waals surface area contributed by atoms with Crippen LogP contribution >= 0.6 is 0 Å². The van der Waals surface area contributed by atoms with Crippen molar-refractivity contribution in [3.8, 4) is 0 Å². The third-order valence-electron chi connectivity index (χ3n) is 5.92. The quantitative estimate of drug-likeness (QED) is 0.171. The fraction of sp³-hybridized carbons (Fsp3) is 0.704. The van der Waals surface area contributed by atoms with Gasteiger partial charge in [-0.2, -0.15) is 0 Å². The van der Waals surface area contributed by atoms with Gasteiger partial charge < -0.3 is 10.4 Å². The van der Waals surface area contributed by atoms with Crippen LogP contribution in [0.15, 0.2) is 30.3 Å². The first-order valence-electron chi connectivity index (χ1n) is 12.7. The van der Waals surface area contributed by atoms with Crippen molar-refractivity contribution >= 4 is 41.4 Å². The number of carboxylic acids is 1. The molecule has 0 heterocycles. The summed E-state index contributed by atoms with van der Waals surface area (Å²) >= 11 is 0. The summed E-state index contributed by atoms with van der Waals surface area (Å²) in [4.78, 5) is 23.5. The molecule has 1 aromatic rings. The van der Waals surface area contributed by atoms with Crippen LogP contribution in [0.5, 0.6) is 0 Å². The molecule has 0 spiro atoms. The van der Waals surface area contributed by atoms with Crippen LogP contribution in [-0.4, -0.2) is 52.6 Å². The number of carbonyl (C=O) groups is 2. The van der Waals surface area contributed by atoms with Gasteiger partial charge in [0.1, 0.15) is 6.04 Å². The molecule has 0 aliphatic carbocycles. The second-order valence-electron chi connectivity index (χ2n) is 8.85. The topological polar surface area (TPSA) is 66.4 Å². The Balaban J connectivity index is 0.00000961. The van der Waals surface area contributed by atoms with E-state index in [4.69, 9.17) is 0 Å². The van der Waals surface area contributed by atoms with Crippen LogP contribution < -0.4 is 5.32 Å². The van der Waals surface area contributed by atoms with Gasteiger partial charge in [-0.1, -0.05) is 127 Å². The van der Waals surface area contributed by atoms with Crippen molar-refractivity contribution in [1.29, 1.82) is 0 Å². The minimum absolute atomic E-state index is 0. The van der Waals surface area contributed by atoms with Gasteiger partial charge in [0, 0.05) is 42.4 Å². The first-order valence-corrected chi connectivity index (χ1v) is 12.7. The molecule has 32 heavy (non-hydrogen) atoms. The van der Waals surface area contributed by atoms with Crippen LogP contribution in [0.1, 0.15) is 115 Å². The molecule has 1 aromatic carbocycles. The normalized spacial score (nSPS) is 11.5. The molecule has 4 nitrogen and oxygen atoms in total. The van der Waals surface area contributed by atoms with Gasteiger partial charge in [-0.3, -0.25) is 4.79 Å². The Labute approximate surface area is 218 Å². The number of carboxylic acid groups (broad SMARTS) is 1. The molecule has 0 aliphatic heterocycles. The number of amides is 1. The van der Waals surface area contributed by atoms with Crippen molar-refractivity contribution in [1.82, 2.24) is 5.32 Å². The Kier molecular flexibility index (Phi) is 21.4. The first-order chi connectivity index (χ1) is 15.1. The smallest absolute Gasteiger partial charge is 0.326 e. The van der Waals surface area contributed by atoms with Gasteiger partial charge in [0.25, 0.3) is 0 Å². The van der Waals surface area contributed by atoms with E-state index in [2.05, 4.69) is 12.2 Å². The van der Waals surface area contributed by atoms with Crippen molar-refractivity contribution in [2.45, 2.75) is 122 Å². The van der Waals surface area contributed by atoms with Crippen LogP contribution in [0.3, 0.4) is 0 Å². The summed E-state index contributed by atoms with van der Waals surface area (Å²) in [5, 5.41) is 12.0. The van der Waals surface area contributed by atoms with Crippen LogP contribution in [0.4, 0.5) is 0 Å². The number of carbonyl (C=O) groups excluding carboxylic acids is 1. The minimum atomic E-state index is -0.978. The molecule has 0 saturated heterocycles. The molecule has 0 unspecified atom stereocenters. The average Bonchev–Trinajstić information content (AvgIpc) is 2.76. The summed E-state index contributed by atoms with van der Waals surface area (Å²) in [6.45, 7) is 2.27. The number of hydrogen-bond donors (Lipinski definition) is 2. The van der Waals surface area contributed by atoms with E-state index in [0.717, 1.165) is 24.8 Å². The maximum Gasteiger partial charge on any atom is 0.326 e. The summed E-state index contributed by atoms with van der Waals surface area (Å²) in [5.74, 6) is -1.13. The maximum absolute atomic E-state index is 12.1. The number of unbranched alkanes of at least 4 members (excludes halogenated alkanes) is 14. The summed E-state index contributed by atoms with van der Waals surface area (Å²) < 4.78 is 0. The third-order valence-corrected chi connectivity index (χ3v) is 5.92. The van der Waals surface area contributed by atoms with Gasteiger partial charge in [-0.15, -0.1) is 0 Å². The van der Waals surface area contributed by atoms with Gasteiger partial charge in [-0.25, -0.2) is 4.79 Å². The summed E-state index contributed by atoms with van der Waals surface area (Å²) in [6.07, 6.45) is 20.1. The molecule has 1 radical (unpaired) electrons. The molecular formula is C27H45NNaO3. The summed E-state index contributed by atoms with van der Waals surface area (Å²) in [7, 11) is 0. The molecule has 177 valence electrons. The molecule has 1 amide bonds. The van der Waals surface area contributed by atoms with Crippen molar-refractivity contribution in [2.75, 3.05) is 0 Å². The van der Waals surface area contributed by atoms with Gasteiger partial charge in [-0.05, 0) is 12.0 Å². The molecule has 1 rings (SSSR count). The van der Waals surface area contributed by atoms with E-state index in [9.17, 15) is 14.7 Å². The molecule has 0 saturated carbocycles. The number of aliphatic carboxylic acids is 1. The van der Waals surface area contributed by atoms with Crippen molar-refractivity contribution in [2.24, 2.45) is 0 Å². The number of rotatable bonds is 20. The molecule has 0 bridgehead atoms. The molecule has 5 heteroatoms. The zero-order valence-electron chi connectivity index (χ0n) is 20.7. The van der Waals surface area contributed by atoms with Crippen LogP contribution in [-0.2, 0) is 16.0 Å². The summed E-state index contributed by atoms with van der Waals surface area (Å²) in [6, 6.07) is 8.57. The molecule has 2 N–H and O–H groups in total. The maximum atomic E-state index is 12.1. The van der Waals surface area contributed by atoms with E-state index in [1.54, 1.807) is 0 Å². The van der Waals surface area contributed by atoms with Crippen molar-refractivity contribution in [3.05, 3.63) is 35.9 Å². The monoisotopic (exact) mass is 454 g/mol. The summed E-state index contributed by atoms with van der Waals surface area (Å²) in [5.41, 5.74) is 0.919. The second kappa shape index (κ2) is 22.0. The molecule has 0 aromatic heterocycles. The van der Waals surface area contributed by atoms with Gasteiger partial charge in [0.2, 0.25) is 5.91 Å². The number of nitrogens with one attached hydrogen (secondary N) is 1. The van der Waals surface area contributed by atoms with E-state index >= 15 is 0 Å². The molecular weight excluding hydrogens is 409 g/mol. The molecule has 0 fully saturated rings. The third kappa shape index (κ3) is 17.7. The zero-order chi connectivity index (χ0) is 22.6. The Morgan fingerprint density at radius 2 is 1.19 bits per heavy atom. The first kappa shape index (κ1) is 31.2. The zero-order valence-corrected chi connectivity index (χ0v) is 22.7. The minimum Gasteiger partial charge on any atom is -0.480 e. The molecule has 1 atom stereocenters. The van der Waals surface area contributed by atoms with Gasteiger partial charge in [0.05, 0.1) is 0 Å². The Bertz CT molecular complexity index is 580. The fourth-order valence-corrected chi connectivity index (χ4v) is 3.97.